The first-order valence-electron chi connectivity index (χ1n) is 9.72. The van der Waals surface area contributed by atoms with Gasteiger partial charge in [-0.25, -0.2) is 4.99 Å². The molecule has 0 aliphatic carbocycles. The summed E-state index contributed by atoms with van der Waals surface area (Å²) in [6, 6.07) is 28.4. The number of hydrogen-bond donors (Lipinski definition) is 1. The van der Waals surface area contributed by atoms with Crippen LogP contribution < -0.4 is 0 Å². The Morgan fingerprint density at radius 2 is 1.57 bits per heavy atom. The van der Waals surface area contributed by atoms with E-state index >= 15 is 0 Å². The Hall–Kier alpha value is -3.76. The van der Waals surface area contributed by atoms with Crippen molar-refractivity contribution in [2.75, 3.05) is 0 Å². The van der Waals surface area contributed by atoms with Gasteiger partial charge in [0.25, 0.3) is 0 Å². The van der Waals surface area contributed by atoms with Crippen molar-refractivity contribution in [2.24, 2.45) is 4.99 Å². The SMILES string of the molecule is N=C(N=Cc1ccc2oc3ccc4sc5ccccc5c4c3c2c1)c1ccccc1. The molecule has 0 saturated heterocycles. The van der Waals surface area contributed by atoms with Gasteiger partial charge in [-0.15, -0.1) is 11.3 Å². The van der Waals surface area contributed by atoms with Crippen molar-refractivity contribution in [1.29, 1.82) is 5.41 Å². The number of rotatable bonds is 2. The molecule has 0 fully saturated rings. The standard InChI is InChI=1S/C26H16N2OS/c27-26(17-6-2-1-3-7-17)28-15-16-10-11-20-19(14-16)24-21(29-20)12-13-23-25(24)18-8-4-5-9-22(18)30-23/h1-15,27H. The van der Waals surface area contributed by atoms with Gasteiger partial charge >= 0.3 is 0 Å². The van der Waals surface area contributed by atoms with Crippen molar-refractivity contribution >= 4 is 65.5 Å². The smallest absolute Gasteiger partial charge is 0.151 e. The molecular formula is C26H16N2OS. The minimum absolute atomic E-state index is 0.249. The van der Waals surface area contributed by atoms with Gasteiger partial charge in [0.05, 0.1) is 0 Å². The fourth-order valence-electron chi connectivity index (χ4n) is 3.99. The van der Waals surface area contributed by atoms with Crippen molar-refractivity contribution in [3.05, 3.63) is 96.1 Å². The van der Waals surface area contributed by atoms with Gasteiger partial charge in [-0.1, -0.05) is 48.5 Å². The van der Waals surface area contributed by atoms with E-state index in [4.69, 9.17) is 9.83 Å². The van der Waals surface area contributed by atoms with E-state index in [0.29, 0.717) is 0 Å². The Morgan fingerprint density at radius 1 is 0.767 bits per heavy atom. The molecule has 6 rings (SSSR count). The van der Waals surface area contributed by atoms with Crippen molar-refractivity contribution in [3.8, 4) is 0 Å². The largest absolute Gasteiger partial charge is 0.456 e. The fraction of sp³-hybridized carbons (Fsp3) is 0. The molecule has 0 saturated carbocycles. The first-order valence-corrected chi connectivity index (χ1v) is 10.5. The van der Waals surface area contributed by atoms with E-state index in [1.165, 1.54) is 20.2 Å². The Bertz CT molecular complexity index is 1610. The van der Waals surface area contributed by atoms with Crippen molar-refractivity contribution in [1.82, 2.24) is 0 Å². The molecule has 2 aromatic heterocycles. The molecule has 0 radical (unpaired) electrons. The molecule has 6 aromatic rings. The van der Waals surface area contributed by atoms with Gasteiger partial charge in [0.1, 0.15) is 11.2 Å². The summed E-state index contributed by atoms with van der Waals surface area (Å²) < 4.78 is 8.69. The minimum atomic E-state index is 0.249. The van der Waals surface area contributed by atoms with E-state index in [9.17, 15) is 0 Å². The number of nitrogens with zero attached hydrogens (tertiary/aromatic N) is 1. The third-order valence-corrected chi connectivity index (χ3v) is 6.52. The molecule has 30 heavy (non-hydrogen) atoms. The molecule has 0 bridgehead atoms. The van der Waals surface area contributed by atoms with Crippen LogP contribution in [-0.2, 0) is 0 Å². The summed E-state index contributed by atoms with van der Waals surface area (Å²) in [6.07, 6.45) is 1.75. The Balaban J connectivity index is 1.54. The quantitative estimate of drug-likeness (QED) is 0.237. The van der Waals surface area contributed by atoms with Gasteiger partial charge in [0, 0.05) is 42.7 Å². The lowest BCUT2D eigenvalue weighted by atomic mass is 10.0. The second kappa shape index (κ2) is 6.65. The highest BCUT2D eigenvalue weighted by atomic mass is 32.1. The molecule has 0 amide bonds. The normalized spacial score (nSPS) is 12.0. The summed E-state index contributed by atoms with van der Waals surface area (Å²) in [5.74, 6) is 0.249. The number of hydrogen-bond acceptors (Lipinski definition) is 3. The van der Waals surface area contributed by atoms with Crippen LogP contribution in [0.15, 0.2) is 94.3 Å². The third kappa shape index (κ3) is 2.65. The van der Waals surface area contributed by atoms with E-state index in [0.717, 1.165) is 33.1 Å². The number of nitrogens with one attached hydrogen (secondary N) is 1. The third-order valence-electron chi connectivity index (χ3n) is 5.39. The van der Waals surface area contributed by atoms with Gasteiger partial charge in [-0.05, 0) is 42.0 Å². The zero-order valence-electron chi connectivity index (χ0n) is 15.9. The molecule has 3 nitrogen and oxygen atoms in total. The fourth-order valence-corrected chi connectivity index (χ4v) is 5.10. The van der Waals surface area contributed by atoms with E-state index in [1.54, 1.807) is 6.21 Å². The maximum atomic E-state index is 8.21. The molecule has 0 atom stereocenters. The van der Waals surface area contributed by atoms with Crippen LogP contribution in [-0.4, -0.2) is 12.1 Å². The zero-order chi connectivity index (χ0) is 20.1. The van der Waals surface area contributed by atoms with Crippen molar-refractivity contribution in [2.45, 2.75) is 0 Å². The number of furan rings is 1. The van der Waals surface area contributed by atoms with Crippen LogP contribution in [0.3, 0.4) is 0 Å². The predicted octanol–water partition coefficient (Wildman–Crippen LogP) is 7.40. The topological polar surface area (TPSA) is 49.4 Å². The van der Waals surface area contributed by atoms with Crippen molar-refractivity contribution < 1.29 is 4.42 Å². The predicted molar refractivity (Wildman–Crippen MR) is 127 cm³/mol. The highest BCUT2D eigenvalue weighted by Gasteiger charge is 2.14. The second-order valence-electron chi connectivity index (χ2n) is 7.24. The number of amidine groups is 1. The number of benzene rings is 4. The monoisotopic (exact) mass is 404 g/mol. The molecule has 0 spiro atoms. The molecule has 1 N–H and O–H groups in total. The van der Waals surface area contributed by atoms with E-state index in [2.05, 4.69) is 47.5 Å². The summed E-state index contributed by atoms with van der Waals surface area (Å²) in [6.45, 7) is 0. The average molecular weight is 404 g/mol. The van der Waals surface area contributed by atoms with Crippen LogP contribution in [0.2, 0.25) is 0 Å². The van der Waals surface area contributed by atoms with Crippen LogP contribution in [0, 0.1) is 5.41 Å². The molecular weight excluding hydrogens is 388 g/mol. The lowest BCUT2D eigenvalue weighted by Gasteiger charge is -1.98. The molecule has 4 heteroatoms. The summed E-state index contributed by atoms with van der Waals surface area (Å²) in [5, 5.41) is 12.9. The highest BCUT2D eigenvalue weighted by molar-refractivity contribution is 7.26. The van der Waals surface area contributed by atoms with E-state index in [-0.39, 0.29) is 5.84 Å². The Kier molecular flexibility index (Phi) is 3.79. The average Bonchev–Trinajstić information content (AvgIpc) is 3.35. The Morgan fingerprint density at radius 3 is 2.47 bits per heavy atom. The molecule has 142 valence electrons. The lowest BCUT2D eigenvalue weighted by molar-refractivity contribution is 0.669. The summed E-state index contributed by atoms with van der Waals surface area (Å²) in [4.78, 5) is 4.37. The van der Waals surface area contributed by atoms with E-state index < -0.39 is 0 Å². The molecule has 2 heterocycles. The summed E-state index contributed by atoms with van der Waals surface area (Å²) >= 11 is 1.81. The van der Waals surface area contributed by atoms with Crippen molar-refractivity contribution in [3.63, 3.8) is 0 Å². The van der Waals surface area contributed by atoms with Crippen LogP contribution >= 0.6 is 11.3 Å². The summed E-state index contributed by atoms with van der Waals surface area (Å²) in [7, 11) is 0. The highest BCUT2D eigenvalue weighted by Crippen LogP contribution is 2.42. The van der Waals surface area contributed by atoms with Gasteiger partial charge in [0.15, 0.2) is 5.84 Å². The first kappa shape index (κ1) is 17.1. The summed E-state index contributed by atoms with van der Waals surface area (Å²) in [5.41, 5.74) is 3.51. The maximum Gasteiger partial charge on any atom is 0.151 e. The van der Waals surface area contributed by atoms with Gasteiger partial charge in [-0.2, -0.15) is 0 Å². The zero-order valence-corrected chi connectivity index (χ0v) is 16.7. The molecule has 0 unspecified atom stereocenters. The second-order valence-corrected chi connectivity index (χ2v) is 8.32. The van der Waals surface area contributed by atoms with Crippen LogP contribution in [0.4, 0.5) is 0 Å². The lowest BCUT2D eigenvalue weighted by Crippen LogP contribution is -1.95. The minimum Gasteiger partial charge on any atom is -0.456 e. The van der Waals surface area contributed by atoms with Crippen LogP contribution in [0.5, 0.6) is 0 Å². The molecule has 0 aliphatic heterocycles. The van der Waals surface area contributed by atoms with E-state index in [1.807, 2.05) is 53.8 Å². The maximum absolute atomic E-state index is 8.21. The van der Waals surface area contributed by atoms with Gasteiger partial charge in [-0.3, -0.25) is 5.41 Å². The van der Waals surface area contributed by atoms with Crippen LogP contribution in [0.1, 0.15) is 11.1 Å². The number of thiophene rings is 1. The molecule has 0 aliphatic rings. The number of fused-ring (bicyclic) bond motifs is 7. The molecule has 4 aromatic carbocycles. The van der Waals surface area contributed by atoms with Crippen LogP contribution in [0.25, 0.3) is 42.1 Å². The Labute approximate surface area is 176 Å². The van der Waals surface area contributed by atoms with Gasteiger partial charge < -0.3 is 4.42 Å². The first-order chi connectivity index (χ1) is 14.8. The number of aliphatic imine (C=N–C) groups is 1. The van der Waals surface area contributed by atoms with Gasteiger partial charge in [0.2, 0.25) is 0 Å².